The molecule has 8 heteroatoms. The molecule has 1 aromatic heterocycles. The Balaban J connectivity index is 1.44. The van der Waals surface area contributed by atoms with Crippen LogP contribution < -0.4 is 0 Å². The lowest BCUT2D eigenvalue weighted by Gasteiger charge is -2.26. The first-order valence-corrected chi connectivity index (χ1v) is 12.1. The Morgan fingerprint density at radius 2 is 1.88 bits per heavy atom. The molecule has 168 valence electrons. The number of rotatable bonds is 6. The molecule has 33 heavy (non-hydrogen) atoms. The molecular formula is C25H25N5O2S. The number of thioether (sulfide) groups is 1. The van der Waals surface area contributed by atoms with E-state index < -0.39 is 6.04 Å². The summed E-state index contributed by atoms with van der Waals surface area (Å²) in [5.74, 6) is 0.777. The summed E-state index contributed by atoms with van der Waals surface area (Å²) in [5, 5.41) is 1.61. The quantitative estimate of drug-likeness (QED) is 0.606. The van der Waals surface area contributed by atoms with Crippen LogP contribution in [-0.2, 0) is 16.0 Å². The Hall–Kier alpha value is -3.39. The molecule has 2 aromatic carbocycles. The smallest absolute Gasteiger partial charge is 0.259 e. The van der Waals surface area contributed by atoms with E-state index in [0.29, 0.717) is 30.5 Å². The van der Waals surface area contributed by atoms with Gasteiger partial charge in [0.05, 0.1) is 11.4 Å². The first-order valence-electron chi connectivity index (χ1n) is 11.2. The number of amidine groups is 2. The van der Waals surface area contributed by atoms with E-state index in [1.165, 1.54) is 11.8 Å². The summed E-state index contributed by atoms with van der Waals surface area (Å²) in [6.45, 7) is 5.25. The summed E-state index contributed by atoms with van der Waals surface area (Å²) in [4.78, 5) is 42.3. The van der Waals surface area contributed by atoms with Gasteiger partial charge in [0.25, 0.3) is 5.91 Å². The minimum absolute atomic E-state index is 0.0343. The number of aromatic nitrogens is 1. The molecule has 1 N–H and O–H groups in total. The van der Waals surface area contributed by atoms with Crippen molar-refractivity contribution < 1.29 is 9.59 Å². The van der Waals surface area contributed by atoms with Gasteiger partial charge in [-0.15, -0.1) is 0 Å². The Morgan fingerprint density at radius 1 is 1.12 bits per heavy atom. The summed E-state index contributed by atoms with van der Waals surface area (Å²) < 4.78 is 0. The molecule has 2 aliphatic rings. The summed E-state index contributed by atoms with van der Waals surface area (Å²) in [7, 11) is 0. The molecule has 0 saturated carbocycles. The van der Waals surface area contributed by atoms with Crippen molar-refractivity contribution in [1.29, 1.82) is 0 Å². The van der Waals surface area contributed by atoms with E-state index in [0.717, 1.165) is 27.7 Å². The van der Waals surface area contributed by atoms with E-state index in [1.807, 2.05) is 62.5 Å². The molecule has 7 nitrogen and oxygen atoms in total. The number of carbonyl (C=O) groups is 2. The van der Waals surface area contributed by atoms with Crippen molar-refractivity contribution in [3.63, 3.8) is 0 Å². The van der Waals surface area contributed by atoms with Crippen LogP contribution in [0.25, 0.3) is 10.9 Å². The molecular weight excluding hydrogens is 434 g/mol. The molecule has 0 radical (unpaired) electrons. The maximum atomic E-state index is 13.5. The van der Waals surface area contributed by atoms with Crippen LogP contribution in [0, 0.1) is 0 Å². The predicted octanol–water partition coefficient (Wildman–Crippen LogP) is 3.97. The fourth-order valence-corrected chi connectivity index (χ4v) is 5.24. The van der Waals surface area contributed by atoms with E-state index in [2.05, 4.69) is 11.1 Å². The van der Waals surface area contributed by atoms with Crippen LogP contribution in [0.2, 0.25) is 0 Å². The average molecular weight is 460 g/mol. The van der Waals surface area contributed by atoms with Crippen LogP contribution in [-0.4, -0.2) is 62.5 Å². The van der Waals surface area contributed by atoms with Crippen LogP contribution in [0.15, 0.2) is 64.7 Å². The average Bonchev–Trinajstić information content (AvgIpc) is 3.40. The van der Waals surface area contributed by atoms with E-state index in [4.69, 9.17) is 9.98 Å². The third-order valence-corrected chi connectivity index (χ3v) is 7.00. The molecule has 0 fully saturated rings. The number of carbonyl (C=O) groups excluding carboxylic acids is 2. The first kappa shape index (κ1) is 21.5. The maximum Gasteiger partial charge on any atom is 0.259 e. The van der Waals surface area contributed by atoms with Crippen LogP contribution >= 0.6 is 11.8 Å². The number of fused-ring (bicyclic) bond motifs is 4. The van der Waals surface area contributed by atoms with Crippen molar-refractivity contribution in [3.05, 3.63) is 65.9 Å². The molecule has 2 amide bonds. The van der Waals surface area contributed by atoms with E-state index in [-0.39, 0.29) is 17.6 Å². The number of amides is 2. The summed E-state index contributed by atoms with van der Waals surface area (Å²) in [6.07, 6.45) is 2.46. The molecule has 0 spiro atoms. The van der Waals surface area contributed by atoms with Crippen molar-refractivity contribution in [1.82, 2.24) is 14.8 Å². The topological polar surface area (TPSA) is 81.1 Å². The van der Waals surface area contributed by atoms with Gasteiger partial charge in [0.15, 0.2) is 5.17 Å². The van der Waals surface area contributed by atoms with Gasteiger partial charge >= 0.3 is 0 Å². The van der Waals surface area contributed by atoms with Gasteiger partial charge in [-0.3, -0.25) is 14.6 Å². The van der Waals surface area contributed by atoms with Crippen LogP contribution in [0.3, 0.4) is 0 Å². The van der Waals surface area contributed by atoms with Gasteiger partial charge in [0.1, 0.15) is 11.9 Å². The van der Waals surface area contributed by atoms with Gasteiger partial charge in [0.2, 0.25) is 5.91 Å². The van der Waals surface area contributed by atoms with E-state index in [9.17, 15) is 9.59 Å². The predicted molar refractivity (Wildman–Crippen MR) is 133 cm³/mol. The Kier molecular flexibility index (Phi) is 5.76. The van der Waals surface area contributed by atoms with Gasteiger partial charge < -0.3 is 9.88 Å². The second-order valence-electron chi connectivity index (χ2n) is 7.97. The SMILES string of the molecule is CCN(CC)C(=O)CSC1=Nc2ccccc2C2=N[C@@H](Cc3c[nH]c4ccccc34)C(=O)N12. The molecule has 3 aromatic rings. The highest BCUT2D eigenvalue weighted by Crippen LogP contribution is 2.34. The standard InChI is InChI=1S/C25H25N5O2S/c1-3-29(4-2)22(31)15-33-25-28-20-12-8-6-10-18(20)23-27-21(24(32)30(23)25)13-16-14-26-19-11-7-5-9-17(16)19/h5-12,14,21,26H,3-4,13,15H2,1-2H3/t21-/m0/s1. The Labute approximate surface area is 196 Å². The number of aromatic amines is 1. The summed E-state index contributed by atoms with van der Waals surface area (Å²) in [6, 6.07) is 15.2. The molecule has 1 atom stereocenters. The number of para-hydroxylation sites is 2. The molecule has 0 saturated heterocycles. The highest BCUT2D eigenvalue weighted by atomic mass is 32.2. The lowest BCUT2D eigenvalue weighted by Crippen LogP contribution is -2.42. The van der Waals surface area contributed by atoms with Crippen molar-refractivity contribution in [2.45, 2.75) is 26.3 Å². The zero-order chi connectivity index (χ0) is 22.9. The lowest BCUT2D eigenvalue weighted by atomic mass is 10.1. The van der Waals surface area contributed by atoms with Crippen molar-refractivity contribution in [2.75, 3.05) is 18.8 Å². The van der Waals surface area contributed by atoms with Crippen molar-refractivity contribution >= 4 is 51.2 Å². The number of H-pyrrole nitrogens is 1. The molecule has 0 aliphatic carbocycles. The fourth-order valence-electron chi connectivity index (χ4n) is 4.33. The lowest BCUT2D eigenvalue weighted by molar-refractivity contribution is -0.128. The van der Waals surface area contributed by atoms with Gasteiger partial charge in [-0.05, 0) is 37.6 Å². The second-order valence-corrected chi connectivity index (χ2v) is 8.91. The van der Waals surface area contributed by atoms with E-state index >= 15 is 0 Å². The highest BCUT2D eigenvalue weighted by molar-refractivity contribution is 8.14. The van der Waals surface area contributed by atoms with E-state index in [1.54, 1.807) is 9.80 Å². The summed E-state index contributed by atoms with van der Waals surface area (Å²) in [5.41, 5.74) is 3.71. The Bertz CT molecular complexity index is 1290. The minimum atomic E-state index is -0.533. The maximum absolute atomic E-state index is 13.5. The van der Waals surface area contributed by atoms with Crippen LogP contribution in [0.5, 0.6) is 0 Å². The second kappa shape index (κ2) is 8.86. The number of benzene rings is 2. The largest absolute Gasteiger partial charge is 0.361 e. The zero-order valence-electron chi connectivity index (χ0n) is 18.6. The third-order valence-electron chi connectivity index (χ3n) is 6.08. The number of hydrogen-bond acceptors (Lipinski definition) is 5. The van der Waals surface area contributed by atoms with Gasteiger partial charge in [-0.2, -0.15) is 0 Å². The number of aliphatic imine (C=N–C) groups is 2. The number of nitrogens with one attached hydrogen (secondary N) is 1. The van der Waals surface area contributed by atoms with Crippen molar-refractivity contribution in [3.8, 4) is 0 Å². The van der Waals surface area contributed by atoms with Gasteiger partial charge in [-0.25, -0.2) is 9.89 Å². The first-order chi connectivity index (χ1) is 16.1. The monoisotopic (exact) mass is 459 g/mol. The molecule has 5 rings (SSSR count). The van der Waals surface area contributed by atoms with Crippen LogP contribution in [0.1, 0.15) is 25.0 Å². The van der Waals surface area contributed by atoms with Crippen LogP contribution in [0.4, 0.5) is 5.69 Å². The third kappa shape index (κ3) is 3.84. The zero-order valence-corrected chi connectivity index (χ0v) is 19.4. The molecule has 2 aliphatic heterocycles. The fraction of sp³-hybridized carbons (Fsp3) is 0.280. The van der Waals surface area contributed by atoms with Crippen molar-refractivity contribution in [2.24, 2.45) is 9.98 Å². The highest BCUT2D eigenvalue weighted by Gasteiger charge is 2.41. The summed E-state index contributed by atoms with van der Waals surface area (Å²) >= 11 is 1.30. The molecule has 0 bridgehead atoms. The van der Waals surface area contributed by atoms with Gasteiger partial charge in [0, 0.05) is 42.2 Å². The Morgan fingerprint density at radius 3 is 2.70 bits per heavy atom. The number of hydrogen-bond donors (Lipinski definition) is 1. The molecule has 0 unspecified atom stereocenters. The normalized spacial score (nSPS) is 17.0. The number of nitrogens with zero attached hydrogens (tertiary/aromatic N) is 4. The molecule has 3 heterocycles. The minimum Gasteiger partial charge on any atom is -0.361 e. The van der Waals surface area contributed by atoms with Gasteiger partial charge in [-0.1, -0.05) is 42.1 Å².